The fraction of sp³-hybridized carbons (Fsp3) is 0.462. The van der Waals surface area contributed by atoms with Crippen LogP contribution in [-0.2, 0) is 0 Å². The highest BCUT2D eigenvalue weighted by atomic mass is 79.9. The summed E-state index contributed by atoms with van der Waals surface area (Å²) in [7, 11) is 1.62. The molecule has 1 aromatic rings. The average Bonchev–Trinajstić information content (AvgIpc) is 2.81. The van der Waals surface area contributed by atoms with Crippen molar-refractivity contribution >= 4 is 21.7 Å². The van der Waals surface area contributed by atoms with Crippen LogP contribution in [-0.4, -0.2) is 12.9 Å². The van der Waals surface area contributed by atoms with Gasteiger partial charge in [0.15, 0.2) is 5.78 Å². The highest BCUT2D eigenvalue weighted by Crippen LogP contribution is 2.31. The quantitative estimate of drug-likeness (QED) is 0.788. The van der Waals surface area contributed by atoms with Crippen molar-refractivity contribution in [1.29, 1.82) is 0 Å². The number of rotatable bonds is 3. The van der Waals surface area contributed by atoms with Gasteiger partial charge in [-0.15, -0.1) is 0 Å². The van der Waals surface area contributed by atoms with Gasteiger partial charge in [-0.25, -0.2) is 0 Å². The van der Waals surface area contributed by atoms with Gasteiger partial charge in [-0.2, -0.15) is 0 Å². The van der Waals surface area contributed by atoms with Crippen molar-refractivity contribution in [3.8, 4) is 5.75 Å². The second kappa shape index (κ2) is 5.00. The fourth-order valence-corrected chi connectivity index (χ4v) is 2.78. The predicted molar refractivity (Wildman–Crippen MR) is 67.0 cm³/mol. The molecule has 1 saturated carbocycles. The summed E-state index contributed by atoms with van der Waals surface area (Å²) in [6.07, 6.45) is 4.46. The largest absolute Gasteiger partial charge is 0.496 e. The van der Waals surface area contributed by atoms with Gasteiger partial charge in [0.1, 0.15) is 5.75 Å². The van der Waals surface area contributed by atoms with Gasteiger partial charge < -0.3 is 4.74 Å². The lowest BCUT2D eigenvalue weighted by Gasteiger charge is -2.09. The summed E-state index contributed by atoms with van der Waals surface area (Å²) in [6, 6.07) is 5.55. The molecule has 1 aliphatic rings. The molecule has 0 saturated heterocycles. The zero-order chi connectivity index (χ0) is 11.5. The van der Waals surface area contributed by atoms with Crippen molar-refractivity contribution in [3.63, 3.8) is 0 Å². The summed E-state index contributed by atoms with van der Waals surface area (Å²) in [5, 5.41) is 0. The third-order valence-electron chi connectivity index (χ3n) is 3.16. The van der Waals surface area contributed by atoms with Crippen molar-refractivity contribution in [3.05, 3.63) is 28.2 Å². The van der Waals surface area contributed by atoms with Crippen molar-refractivity contribution in [2.45, 2.75) is 25.7 Å². The van der Waals surface area contributed by atoms with Gasteiger partial charge in [-0.3, -0.25) is 4.79 Å². The van der Waals surface area contributed by atoms with Crippen LogP contribution in [0.1, 0.15) is 36.0 Å². The molecule has 0 atom stereocenters. The van der Waals surface area contributed by atoms with E-state index in [0.29, 0.717) is 0 Å². The van der Waals surface area contributed by atoms with E-state index in [-0.39, 0.29) is 11.7 Å². The molecule has 1 fully saturated rings. The number of carbonyl (C=O) groups is 1. The Morgan fingerprint density at radius 3 is 2.62 bits per heavy atom. The number of carbonyl (C=O) groups excluding carboxylic acids is 1. The number of hydrogen-bond donors (Lipinski definition) is 0. The molecule has 0 spiro atoms. The van der Waals surface area contributed by atoms with Crippen LogP contribution in [0.5, 0.6) is 5.75 Å². The summed E-state index contributed by atoms with van der Waals surface area (Å²) >= 11 is 3.41. The normalized spacial score (nSPS) is 16.4. The van der Waals surface area contributed by atoms with Crippen LogP contribution in [0.3, 0.4) is 0 Å². The number of halogens is 1. The molecule has 0 unspecified atom stereocenters. The Morgan fingerprint density at radius 1 is 1.38 bits per heavy atom. The van der Waals surface area contributed by atoms with Gasteiger partial charge in [0.05, 0.1) is 11.6 Å². The highest BCUT2D eigenvalue weighted by molar-refractivity contribution is 9.10. The molecule has 1 aliphatic carbocycles. The first kappa shape index (κ1) is 11.6. The van der Waals surface area contributed by atoms with E-state index in [1.165, 1.54) is 12.8 Å². The van der Waals surface area contributed by atoms with E-state index in [1.807, 2.05) is 18.2 Å². The summed E-state index contributed by atoms with van der Waals surface area (Å²) in [5.74, 6) is 1.28. The molecule has 0 aliphatic heterocycles. The maximum Gasteiger partial charge on any atom is 0.165 e. The van der Waals surface area contributed by atoms with E-state index in [0.717, 1.165) is 28.6 Å². The zero-order valence-electron chi connectivity index (χ0n) is 9.33. The summed E-state index contributed by atoms with van der Waals surface area (Å²) < 4.78 is 5.99. The second-order valence-electron chi connectivity index (χ2n) is 4.19. The van der Waals surface area contributed by atoms with Gasteiger partial charge in [0.25, 0.3) is 0 Å². The Labute approximate surface area is 104 Å². The lowest BCUT2D eigenvalue weighted by molar-refractivity contribution is 0.0923. The van der Waals surface area contributed by atoms with Gasteiger partial charge in [-0.1, -0.05) is 12.8 Å². The molecule has 16 heavy (non-hydrogen) atoms. The lowest BCUT2D eigenvalue weighted by Crippen LogP contribution is -2.10. The molecular weight excluding hydrogens is 268 g/mol. The SMILES string of the molecule is COc1ccc(C(=O)C2CCCC2)cc1Br. The number of hydrogen-bond acceptors (Lipinski definition) is 2. The highest BCUT2D eigenvalue weighted by Gasteiger charge is 2.24. The maximum absolute atomic E-state index is 12.1. The molecular formula is C13H15BrO2. The second-order valence-corrected chi connectivity index (χ2v) is 5.05. The predicted octanol–water partition coefficient (Wildman–Crippen LogP) is 3.83. The summed E-state index contributed by atoms with van der Waals surface area (Å²) in [5.41, 5.74) is 0.791. The monoisotopic (exact) mass is 282 g/mol. The van der Waals surface area contributed by atoms with Gasteiger partial charge in [0.2, 0.25) is 0 Å². The van der Waals surface area contributed by atoms with Crippen molar-refractivity contribution in [2.75, 3.05) is 7.11 Å². The summed E-state index contributed by atoms with van der Waals surface area (Å²) in [6.45, 7) is 0. The number of methoxy groups -OCH3 is 1. The molecule has 3 heteroatoms. The molecule has 0 N–H and O–H groups in total. The van der Waals surface area contributed by atoms with Gasteiger partial charge >= 0.3 is 0 Å². The molecule has 0 bridgehead atoms. The topological polar surface area (TPSA) is 26.3 Å². The fourth-order valence-electron chi connectivity index (χ4n) is 2.24. The molecule has 0 amide bonds. The molecule has 2 rings (SSSR count). The van der Waals surface area contributed by atoms with Gasteiger partial charge in [0, 0.05) is 11.5 Å². The van der Waals surface area contributed by atoms with E-state index in [9.17, 15) is 4.79 Å². The minimum Gasteiger partial charge on any atom is -0.496 e. The van der Waals surface area contributed by atoms with Crippen molar-refractivity contribution in [2.24, 2.45) is 5.92 Å². The van der Waals surface area contributed by atoms with Crippen LogP contribution in [0.25, 0.3) is 0 Å². The molecule has 0 radical (unpaired) electrons. The number of ether oxygens (including phenoxy) is 1. The van der Waals surface area contributed by atoms with E-state index in [4.69, 9.17) is 4.74 Å². The Kier molecular flexibility index (Phi) is 3.64. The number of Topliss-reactive ketones (excluding diaryl/α,β-unsaturated/α-hetero) is 1. The maximum atomic E-state index is 12.1. The van der Waals surface area contributed by atoms with E-state index in [1.54, 1.807) is 7.11 Å². The first-order valence-corrected chi connectivity index (χ1v) is 6.39. The Bertz CT molecular complexity index is 395. The van der Waals surface area contributed by atoms with Crippen LogP contribution < -0.4 is 4.74 Å². The minimum absolute atomic E-state index is 0.236. The molecule has 86 valence electrons. The standard InChI is InChI=1S/C13H15BrO2/c1-16-12-7-6-10(8-11(12)14)13(15)9-4-2-3-5-9/h6-9H,2-5H2,1H3. The van der Waals surface area contributed by atoms with Crippen molar-refractivity contribution < 1.29 is 9.53 Å². The lowest BCUT2D eigenvalue weighted by atomic mass is 9.96. The Morgan fingerprint density at radius 2 is 2.06 bits per heavy atom. The van der Waals surface area contributed by atoms with Crippen LogP contribution in [0.15, 0.2) is 22.7 Å². The molecule has 0 aromatic heterocycles. The van der Waals surface area contributed by atoms with Crippen LogP contribution in [0.4, 0.5) is 0 Å². The van der Waals surface area contributed by atoms with E-state index in [2.05, 4.69) is 15.9 Å². The van der Waals surface area contributed by atoms with E-state index >= 15 is 0 Å². The zero-order valence-corrected chi connectivity index (χ0v) is 10.9. The molecule has 1 aromatic carbocycles. The summed E-state index contributed by atoms with van der Waals surface area (Å²) in [4.78, 5) is 12.1. The first-order chi connectivity index (χ1) is 7.72. The third kappa shape index (κ3) is 2.29. The first-order valence-electron chi connectivity index (χ1n) is 5.60. The Balaban J connectivity index is 2.20. The average molecular weight is 283 g/mol. The van der Waals surface area contributed by atoms with Gasteiger partial charge in [-0.05, 0) is 47.0 Å². The van der Waals surface area contributed by atoms with Crippen LogP contribution in [0.2, 0.25) is 0 Å². The van der Waals surface area contributed by atoms with Crippen LogP contribution in [0, 0.1) is 5.92 Å². The molecule has 0 heterocycles. The smallest absolute Gasteiger partial charge is 0.165 e. The minimum atomic E-state index is 0.236. The van der Waals surface area contributed by atoms with E-state index < -0.39 is 0 Å². The van der Waals surface area contributed by atoms with Crippen LogP contribution >= 0.6 is 15.9 Å². The van der Waals surface area contributed by atoms with Crippen molar-refractivity contribution in [1.82, 2.24) is 0 Å². The Hall–Kier alpha value is -0.830. The number of benzene rings is 1. The number of ketones is 1. The molecule has 2 nitrogen and oxygen atoms in total. The third-order valence-corrected chi connectivity index (χ3v) is 3.78.